The zero-order chi connectivity index (χ0) is 12.2. The average molecular weight is 243 g/mol. The van der Waals surface area contributed by atoms with Crippen LogP contribution in [0.5, 0.6) is 0 Å². The molecule has 0 fully saturated rings. The second-order valence-corrected chi connectivity index (χ2v) is 5.45. The Labute approximate surface area is 99.4 Å². The number of nitrogens with one attached hydrogen (secondary N) is 1. The number of ether oxygens (including phenoxy) is 1. The van der Waals surface area contributed by atoms with Gasteiger partial charge in [0.1, 0.15) is 5.82 Å². The molecule has 0 amide bonds. The molecule has 0 unspecified atom stereocenters. The van der Waals surface area contributed by atoms with Crippen molar-refractivity contribution in [3.05, 3.63) is 5.82 Å². The molecule has 0 saturated heterocycles. The molecule has 1 N–H and O–H groups in total. The van der Waals surface area contributed by atoms with Crippen molar-refractivity contribution in [2.75, 3.05) is 12.9 Å². The monoisotopic (exact) mass is 243 g/mol. The number of thioether (sulfide) groups is 1. The Kier molecular flexibility index (Phi) is 4.35. The minimum absolute atomic E-state index is 0.0336. The summed E-state index contributed by atoms with van der Waals surface area (Å²) in [7, 11) is 1.39. The van der Waals surface area contributed by atoms with Crippen LogP contribution in [0.3, 0.4) is 0 Å². The normalized spacial score (nSPS) is 11.5. The maximum absolute atomic E-state index is 10.9. The summed E-state index contributed by atoms with van der Waals surface area (Å²) < 4.78 is 4.55. The zero-order valence-electron chi connectivity index (χ0n) is 10.0. The molecule has 0 aliphatic rings. The molecule has 0 spiro atoms. The van der Waals surface area contributed by atoms with E-state index >= 15 is 0 Å². The number of hydrogen-bond acceptors (Lipinski definition) is 5. The Hall–Kier alpha value is -1.04. The first-order chi connectivity index (χ1) is 7.43. The molecule has 0 aliphatic heterocycles. The van der Waals surface area contributed by atoms with Crippen molar-refractivity contribution in [2.24, 2.45) is 0 Å². The highest BCUT2D eigenvalue weighted by Gasteiger charge is 2.18. The van der Waals surface area contributed by atoms with Crippen molar-refractivity contribution >= 4 is 17.7 Å². The summed E-state index contributed by atoms with van der Waals surface area (Å²) >= 11 is 1.45. The fourth-order valence-electron chi connectivity index (χ4n) is 0.974. The Morgan fingerprint density at radius 1 is 1.50 bits per heavy atom. The topological polar surface area (TPSA) is 67.9 Å². The van der Waals surface area contributed by atoms with Gasteiger partial charge in [-0.25, -0.2) is 4.98 Å². The lowest BCUT2D eigenvalue weighted by atomic mass is 9.96. The van der Waals surface area contributed by atoms with Crippen molar-refractivity contribution in [2.45, 2.75) is 37.8 Å². The van der Waals surface area contributed by atoms with Crippen LogP contribution in [0.1, 0.15) is 33.0 Å². The molecular weight excluding hydrogens is 226 g/mol. The van der Waals surface area contributed by atoms with E-state index in [2.05, 4.69) is 40.7 Å². The first-order valence-electron chi connectivity index (χ1n) is 5.06. The van der Waals surface area contributed by atoms with Crippen molar-refractivity contribution in [1.82, 2.24) is 15.2 Å². The van der Waals surface area contributed by atoms with Crippen LogP contribution >= 0.6 is 11.8 Å². The molecule has 1 aromatic rings. The second kappa shape index (κ2) is 5.34. The molecule has 0 aliphatic carbocycles. The van der Waals surface area contributed by atoms with E-state index in [1.807, 2.05) is 0 Å². The number of esters is 1. The lowest BCUT2D eigenvalue weighted by Crippen LogP contribution is -2.13. The first kappa shape index (κ1) is 13.0. The van der Waals surface area contributed by atoms with Gasteiger partial charge in [-0.2, -0.15) is 0 Å². The van der Waals surface area contributed by atoms with E-state index in [1.165, 1.54) is 18.9 Å². The van der Waals surface area contributed by atoms with Gasteiger partial charge in [0.15, 0.2) is 0 Å². The Morgan fingerprint density at radius 3 is 2.69 bits per heavy atom. The van der Waals surface area contributed by atoms with Crippen molar-refractivity contribution in [3.63, 3.8) is 0 Å². The molecule has 0 saturated carbocycles. The van der Waals surface area contributed by atoms with Crippen LogP contribution < -0.4 is 0 Å². The van der Waals surface area contributed by atoms with Crippen molar-refractivity contribution in [1.29, 1.82) is 0 Å². The minimum atomic E-state index is -0.209. The van der Waals surface area contributed by atoms with E-state index in [4.69, 9.17) is 0 Å². The van der Waals surface area contributed by atoms with E-state index in [-0.39, 0.29) is 11.4 Å². The first-order valence-corrected chi connectivity index (χ1v) is 6.04. The standard InChI is InChI=1S/C10H17N3O2S/c1-10(2,3)8-11-9(13-12-8)16-6-5-7(14)15-4/h5-6H2,1-4H3,(H,11,12,13). The number of aromatic nitrogens is 3. The smallest absolute Gasteiger partial charge is 0.306 e. The summed E-state index contributed by atoms with van der Waals surface area (Å²) in [6.07, 6.45) is 0.376. The summed E-state index contributed by atoms with van der Waals surface area (Å²) in [5.74, 6) is 1.28. The third kappa shape index (κ3) is 3.84. The zero-order valence-corrected chi connectivity index (χ0v) is 10.8. The van der Waals surface area contributed by atoms with Gasteiger partial charge in [0.25, 0.3) is 0 Å². The van der Waals surface area contributed by atoms with Crippen molar-refractivity contribution < 1.29 is 9.53 Å². The third-order valence-electron chi connectivity index (χ3n) is 1.94. The van der Waals surface area contributed by atoms with Gasteiger partial charge in [-0.15, -0.1) is 5.10 Å². The number of hydrogen-bond donors (Lipinski definition) is 1. The van der Waals surface area contributed by atoms with Gasteiger partial charge in [-0.1, -0.05) is 32.5 Å². The average Bonchev–Trinajstić information content (AvgIpc) is 2.65. The van der Waals surface area contributed by atoms with Gasteiger partial charge in [-0.3, -0.25) is 9.89 Å². The Morgan fingerprint density at radius 2 is 2.19 bits per heavy atom. The summed E-state index contributed by atoms with van der Waals surface area (Å²) in [4.78, 5) is 15.2. The predicted octanol–water partition coefficient (Wildman–Crippen LogP) is 1.76. The van der Waals surface area contributed by atoms with E-state index in [0.717, 1.165) is 5.82 Å². The quantitative estimate of drug-likeness (QED) is 0.644. The summed E-state index contributed by atoms with van der Waals surface area (Å²) in [6.45, 7) is 6.20. The fraction of sp³-hybridized carbons (Fsp3) is 0.700. The predicted molar refractivity (Wildman–Crippen MR) is 62.4 cm³/mol. The summed E-state index contributed by atoms with van der Waals surface area (Å²) in [5, 5.41) is 7.65. The van der Waals surface area contributed by atoms with E-state index in [9.17, 15) is 4.79 Å². The van der Waals surface area contributed by atoms with Gasteiger partial charge in [0.05, 0.1) is 13.5 Å². The highest BCUT2D eigenvalue weighted by Crippen LogP contribution is 2.21. The minimum Gasteiger partial charge on any atom is -0.469 e. The third-order valence-corrected chi connectivity index (χ3v) is 2.79. The van der Waals surface area contributed by atoms with Gasteiger partial charge in [-0.05, 0) is 0 Å². The summed E-state index contributed by atoms with van der Waals surface area (Å²) in [6, 6.07) is 0. The van der Waals surface area contributed by atoms with Gasteiger partial charge in [0.2, 0.25) is 5.16 Å². The van der Waals surface area contributed by atoms with E-state index in [0.29, 0.717) is 17.3 Å². The molecule has 5 nitrogen and oxygen atoms in total. The van der Waals surface area contributed by atoms with E-state index in [1.54, 1.807) is 0 Å². The van der Waals surface area contributed by atoms with Gasteiger partial charge in [0, 0.05) is 11.2 Å². The number of carbonyl (C=O) groups is 1. The highest BCUT2D eigenvalue weighted by atomic mass is 32.2. The van der Waals surface area contributed by atoms with E-state index < -0.39 is 0 Å². The number of aromatic amines is 1. The van der Waals surface area contributed by atoms with Gasteiger partial charge < -0.3 is 4.74 Å². The number of methoxy groups -OCH3 is 1. The van der Waals surface area contributed by atoms with Crippen molar-refractivity contribution in [3.8, 4) is 0 Å². The van der Waals surface area contributed by atoms with Crippen LogP contribution in [0.2, 0.25) is 0 Å². The number of H-pyrrole nitrogens is 1. The molecule has 16 heavy (non-hydrogen) atoms. The number of rotatable bonds is 4. The molecule has 0 atom stereocenters. The van der Waals surface area contributed by atoms with Crippen LogP contribution in [-0.4, -0.2) is 34.0 Å². The maximum atomic E-state index is 10.9. The van der Waals surface area contributed by atoms with Crippen LogP contribution in [0.4, 0.5) is 0 Å². The molecule has 1 aromatic heterocycles. The summed E-state index contributed by atoms with van der Waals surface area (Å²) in [5.41, 5.74) is -0.0336. The molecule has 0 aromatic carbocycles. The largest absolute Gasteiger partial charge is 0.469 e. The van der Waals surface area contributed by atoms with Crippen LogP contribution in [0.15, 0.2) is 5.16 Å². The van der Waals surface area contributed by atoms with Crippen LogP contribution in [0, 0.1) is 0 Å². The fourth-order valence-corrected chi connectivity index (χ4v) is 1.69. The number of carbonyl (C=O) groups excluding carboxylic acids is 1. The lowest BCUT2D eigenvalue weighted by Gasteiger charge is -2.12. The van der Waals surface area contributed by atoms with Crippen LogP contribution in [-0.2, 0) is 14.9 Å². The molecule has 0 bridgehead atoms. The molecule has 90 valence electrons. The Bertz CT molecular complexity index is 357. The SMILES string of the molecule is COC(=O)CCSc1n[nH]c(C(C)(C)C)n1. The molecule has 0 radical (unpaired) electrons. The maximum Gasteiger partial charge on any atom is 0.306 e. The second-order valence-electron chi connectivity index (χ2n) is 4.39. The van der Waals surface area contributed by atoms with Crippen LogP contribution in [0.25, 0.3) is 0 Å². The lowest BCUT2D eigenvalue weighted by molar-refractivity contribution is -0.140. The molecular formula is C10H17N3O2S. The highest BCUT2D eigenvalue weighted by molar-refractivity contribution is 7.99. The molecule has 1 heterocycles. The Balaban J connectivity index is 2.44. The molecule has 6 heteroatoms. The molecule has 1 rings (SSSR count). The number of nitrogens with zero attached hydrogens (tertiary/aromatic N) is 2. The van der Waals surface area contributed by atoms with Gasteiger partial charge >= 0.3 is 5.97 Å².